The number of sulfonamides is 1. The highest BCUT2D eigenvalue weighted by Crippen LogP contribution is 2.15. The number of anilines is 1. The number of benzene rings is 1. The van der Waals surface area contributed by atoms with Crippen molar-refractivity contribution in [1.82, 2.24) is 9.97 Å². The van der Waals surface area contributed by atoms with Gasteiger partial charge in [-0.2, -0.15) is 0 Å². The van der Waals surface area contributed by atoms with Gasteiger partial charge in [-0.1, -0.05) is 46.3 Å². The Labute approximate surface area is 113 Å². The normalized spacial score (nSPS) is 11.2. The van der Waals surface area contributed by atoms with Crippen LogP contribution in [0.2, 0.25) is 0 Å². The van der Waals surface area contributed by atoms with Gasteiger partial charge in [0.2, 0.25) is 10.0 Å². The Morgan fingerprint density at radius 3 is 2.28 bits per heavy atom. The Kier molecular flexibility index (Phi) is 3.93. The molecule has 2 rings (SSSR count). The van der Waals surface area contributed by atoms with Crippen LogP contribution in [0, 0.1) is 0 Å². The van der Waals surface area contributed by atoms with Crippen LogP contribution in [0.4, 0.5) is 5.69 Å². The van der Waals surface area contributed by atoms with Crippen LogP contribution in [0.5, 0.6) is 0 Å². The Morgan fingerprint density at radius 1 is 1.11 bits per heavy atom. The highest BCUT2D eigenvalue weighted by Gasteiger charge is 2.08. The largest absolute Gasteiger partial charge is 0.280 e. The monoisotopic (exact) mass is 327 g/mol. The lowest BCUT2D eigenvalue weighted by molar-refractivity contribution is 0.606. The number of halogens is 1. The summed E-state index contributed by atoms with van der Waals surface area (Å²) in [6, 6.07) is 9.46. The molecule has 0 unspecified atom stereocenters. The third-order valence-electron chi connectivity index (χ3n) is 2.10. The minimum absolute atomic E-state index is 0.166. The summed E-state index contributed by atoms with van der Waals surface area (Å²) in [5, 5.41) is 0. The zero-order valence-electron chi connectivity index (χ0n) is 9.25. The fourth-order valence-electron chi connectivity index (χ4n) is 1.32. The number of nitrogens with zero attached hydrogens (tertiary/aromatic N) is 2. The first-order chi connectivity index (χ1) is 8.61. The Bertz CT molecular complexity index is 614. The van der Waals surface area contributed by atoms with E-state index in [0.29, 0.717) is 11.5 Å². The van der Waals surface area contributed by atoms with Crippen LogP contribution >= 0.6 is 15.9 Å². The average Bonchev–Trinajstić information content (AvgIpc) is 2.40. The zero-order valence-corrected chi connectivity index (χ0v) is 11.6. The molecule has 0 spiro atoms. The maximum atomic E-state index is 11.3. The second-order valence-electron chi connectivity index (χ2n) is 3.49. The number of rotatable bonds is 4. The average molecular weight is 328 g/mol. The van der Waals surface area contributed by atoms with Crippen LogP contribution in [0.25, 0.3) is 11.4 Å². The van der Waals surface area contributed by atoms with Crippen LogP contribution < -0.4 is 4.72 Å². The van der Waals surface area contributed by atoms with E-state index in [1.165, 1.54) is 12.4 Å². The molecule has 0 radical (unpaired) electrons. The quantitative estimate of drug-likeness (QED) is 0.874. The molecular weight excluding hydrogens is 318 g/mol. The van der Waals surface area contributed by atoms with Crippen molar-refractivity contribution in [3.8, 4) is 11.4 Å². The third-order valence-corrected chi connectivity index (χ3v) is 4.74. The predicted molar refractivity (Wildman–Crippen MR) is 73.8 cm³/mol. The smallest absolute Gasteiger partial charge is 0.242 e. The van der Waals surface area contributed by atoms with Crippen LogP contribution in [0.3, 0.4) is 0 Å². The maximum absolute atomic E-state index is 11.3. The standard InChI is InChI=1S/C11H10BrN3O2S/c12-8-18(16,17)15-10-6-13-11(14-7-10)9-4-2-1-3-5-9/h1-7,15H,8H2. The van der Waals surface area contributed by atoms with Crippen molar-refractivity contribution in [2.24, 2.45) is 0 Å². The Morgan fingerprint density at radius 2 is 1.72 bits per heavy atom. The van der Waals surface area contributed by atoms with E-state index >= 15 is 0 Å². The summed E-state index contributed by atoms with van der Waals surface area (Å²) in [6.07, 6.45) is 2.88. The number of hydrogen-bond acceptors (Lipinski definition) is 4. The summed E-state index contributed by atoms with van der Waals surface area (Å²) in [6.45, 7) is 0. The molecular formula is C11H10BrN3O2S. The molecule has 0 amide bonds. The molecule has 0 saturated carbocycles. The van der Waals surface area contributed by atoms with Gasteiger partial charge in [0.1, 0.15) is 4.66 Å². The van der Waals surface area contributed by atoms with Gasteiger partial charge in [-0.05, 0) is 0 Å². The van der Waals surface area contributed by atoms with Crippen molar-refractivity contribution < 1.29 is 8.42 Å². The number of alkyl halides is 1. The lowest BCUT2D eigenvalue weighted by atomic mass is 10.2. The maximum Gasteiger partial charge on any atom is 0.242 e. The van der Waals surface area contributed by atoms with Crippen molar-refractivity contribution in [1.29, 1.82) is 0 Å². The van der Waals surface area contributed by atoms with Gasteiger partial charge in [0.15, 0.2) is 5.82 Å². The topological polar surface area (TPSA) is 72.0 Å². The van der Waals surface area contributed by atoms with Crippen LogP contribution in [0.1, 0.15) is 0 Å². The van der Waals surface area contributed by atoms with Gasteiger partial charge in [0, 0.05) is 5.56 Å². The summed E-state index contributed by atoms with van der Waals surface area (Å²) >= 11 is 2.89. The molecule has 1 N–H and O–H groups in total. The lowest BCUT2D eigenvalue weighted by Crippen LogP contribution is -2.13. The number of aromatic nitrogens is 2. The first-order valence-electron chi connectivity index (χ1n) is 5.05. The first-order valence-corrected chi connectivity index (χ1v) is 7.82. The first kappa shape index (κ1) is 13.0. The fraction of sp³-hybridized carbons (Fsp3) is 0.0909. The van der Waals surface area contributed by atoms with Gasteiger partial charge in [0.05, 0.1) is 18.1 Å². The fourth-order valence-corrected chi connectivity index (χ4v) is 2.19. The molecule has 18 heavy (non-hydrogen) atoms. The molecule has 0 aliphatic carbocycles. The molecule has 94 valence electrons. The summed E-state index contributed by atoms with van der Waals surface area (Å²) in [4.78, 5) is 8.23. The second kappa shape index (κ2) is 5.45. The van der Waals surface area contributed by atoms with Crippen molar-refractivity contribution in [3.63, 3.8) is 0 Å². The van der Waals surface area contributed by atoms with Gasteiger partial charge in [-0.25, -0.2) is 18.4 Å². The van der Waals surface area contributed by atoms with Crippen molar-refractivity contribution in [3.05, 3.63) is 42.7 Å². The van der Waals surface area contributed by atoms with E-state index in [4.69, 9.17) is 0 Å². The van der Waals surface area contributed by atoms with E-state index in [1.807, 2.05) is 30.3 Å². The number of hydrogen-bond donors (Lipinski definition) is 1. The lowest BCUT2D eigenvalue weighted by Gasteiger charge is -2.05. The predicted octanol–water partition coefficient (Wildman–Crippen LogP) is 2.24. The summed E-state index contributed by atoms with van der Waals surface area (Å²) in [5.74, 6) is 0.553. The van der Waals surface area contributed by atoms with E-state index in [-0.39, 0.29) is 4.66 Å². The molecule has 1 aromatic carbocycles. The molecule has 7 heteroatoms. The van der Waals surface area contributed by atoms with Crippen molar-refractivity contribution in [2.45, 2.75) is 0 Å². The second-order valence-corrected chi connectivity index (χ2v) is 6.51. The van der Waals surface area contributed by atoms with Gasteiger partial charge >= 0.3 is 0 Å². The van der Waals surface area contributed by atoms with E-state index in [9.17, 15) is 8.42 Å². The van der Waals surface area contributed by atoms with Gasteiger partial charge in [0.25, 0.3) is 0 Å². The van der Waals surface area contributed by atoms with E-state index in [0.717, 1.165) is 5.56 Å². The van der Waals surface area contributed by atoms with E-state index < -0.39 is 10.0 Å². The molecule has 0 saturated heterocycles. The SMILES string of the molecule is O=S(=O)(CBr)Nc1cnc(-c2ccccc2)nc1. The van der Waals surface area contributed by atoms with Crippen LogP contribution in [-0.2, 0) is 10.0 Å². The van der Waals surface area contributed by atoms with Gasteiger partial charge in [-0.15, -0.1) is 0 Å². The number of nitrogens with one attached hydrogen (secondary N) is 1. The Hall–Kier alpha value is -1.47. The van der Waals surface area contributed by atoms with Crippen molar-refractivity contribution in [2.75, 3.05) is 9.38 Å². The van der Waals surface area contributed by atoms with Gasteiger partial charge < -0.3 is 0 Å². The minimum atomic E-state index is -3.36. The molecule has 1 aromatic heterocycles. The molecule has 0 fully saturated rings. The highest BCUT2D eigenvalue weighted by molar-refractivity contribution is 9.10. The molecule has 0 aliphatic heterocycles. The summed E-state index contributed by atoms with van der Waals surface area (Å²) < 4.78 is 24.8. The zero-order chi connectivity index (χ0) is 13.0. The minimum Gasteiger partial charge on any atom is -0.280 e. The molecule has 0 bridgehead atoms. The van der Waals surface area contributed by atoms with Gasteiger partial charge in [-0.3, -0.25) is 4.72 Å². The molecule has 2 aromatic rings. The molecule has 5 nitrogen and oxygen atoms in total. The molecule has 0 atom stereocenters. The van der Waals surface area contributed by atoms with E-state index in [1.54, 1.807) is 0 Å². The summed E-state index contributed by atoms with van der Waals surface area (Å²) in [7, 11) is -3.36. The molecule has 0 aliphatic rings. The third kappa shape index (κ3) is 3.27. The highest BCUT2D eigenvalue weighted by atomic mass is 79.9. The Balaban J connectivity index is 2.21. The van der Waals surface area contributed by atoms with Crippen LogP contribution in [-0.4, -0.2) is 23.0 Å². The summed E-state index contributed by atoms with van der Waals surface area (Å²) in [5.41, 5.74) is 1.22. The van der Waals surface area contributed by atoms with E-state index in [2.05, 4.69) is 30.6 Å². The molecule has 1 heterocycles. The van der Waals surface area contributed by atoms with Crippen LogP contribution in [0.15, 0.2) is 42.7 Å². The van der Waals surface area contributed by atoms with Crippen molar-refractivity contribution >= 4 is 31.6 Å².